The van der Waals surface area contributed by atoms with Gasteiger partial charge in [-0.25, -0.2) is 10.4 Å². The molecule has 39 heavy (non-hydrogen) atoms. The number of hydrogen-bond acceptors (Lipinski definition) is 8. The van der Waals surface area contributed by atoms with Crippen LogP contribution in [0.25, 0.3) is 15.9 Å². The number of aryl methyl sites for hydroxylation is 3. The van der Waals surface area contributed by atoms with Gasteiger partial charge in [-0.05, 0) is 81.0 Å². The van der Waals surface area contributed by atoms with Crippen LogP contribution in [0.15, 0.2) is 57.5 Å². The van der Waals surface area contributed by atoms with Crippen molar-refractivity contribution in [3.05, 3.63) is 74.4 Å². The monoisotopic (exact) mass is 562 g/mol. The van der Waals surface area contributed by atoms with E-state index < -0.39 is 0 Å². The molecule has 2 heterocycles. The van der Waals surface area contributed by atoms with Crippen molar-refractivity contribution in [2.24, 2.45) is 5.10 Å². The fourth-order valence-electron chi connectivity index (χ4n) is 4.59. The molecule has 4 aromatic rings. The van der Waals surface area contributed by atoms with Crippen LogP contribution < -0.4 is 20.5 Å². The molecule has 0 unspecified atom stereocenters. The number of carbonyl (C=O) groups is 1. The molecule has 0 atom stereocenters. The molecular formula is C29H30N4O4S2. The van der Waals surface area contributed by atoms with Gasteiger partial charge in [-0.2, -0.15) is 5.10 Å². The quantitative estimate of drug-likeness (QED) is 0.129. The summed E-state index contributed by atoms with van der Waals surface area (Å²) in [6.07, 6.45) is 5.67. The Kier molecular flexibility index (Phi) is 8.33. The molecule has 0 bridgehead atoms. The molecule has 1 aliphatic rings. The molecule has 0 aliphatic heterocycles. The van der Waals surface area contributed by atoms with Gasteiger partial charge in [0.05, 0.1) is 36.8 Å². The summed E-state index contributed by atoms with van der Waals surface area (Å²) in [5.74, 6) is 0.991. The maximum atomic E-state index is 13.8. The van der Waals surface area contributed by atoms with E-state index in [2.05, 4.69) is 10.5 Å². The Bertz CT molecular complexity index is 1590. The zero-order valence-corrected chi connectivity index (χ0v) is 23.8. The van der Waals surface area contributed by atoms with E-state index in [4.69, 9.17) is 14.5 Å². The summed E-state index contributed by atoms with van der Waals surface area (Å²) < 4.78 is 12.5. The van der Waals surface area contributed by atoms with Gasteiger partial charge >= 0.3 is 0 Å². The van der Waals surface area contributed by atoms with Crippen molar-refractivity contribution in [2.75, 3.05) is 19.5 Å². The van der Waals surface area contributed by atoms with E-state index in [0.717, 1.165) is 58.3 Å². The fraction of sp³-hybridized carbons (Fsp3) is 0.310. The zero-order valence-electron chi connectivity index (χ0n) is 22.2. The standard InChI is InChI=1S/C29H30N4O4S2/c1-4-37-22-14-11-19(15-23(22)36-3)16-30-32-25(34)17-38-29-31-27-26(21-7-5-6-8-24(21)39-27)28(35)33(29)20-12-9-18(2)10-13-20/h9-16H,4-8,17H2,1-3H3,(H,32,34)/b30-16+. The molecule has 5 rings (SSSR count). The molecule has 10 heteroatoms. The van der Waals surface area contributed by atoms with Crippen molar-refractivity contribution in [1.82, 2.24) is 15.0 Å². The fourth-order valence-corrected chi connectivity index (χ4v) is 6.69. The third kappa shape index (κ3) is 5.86. The first-order chi connectivity index (χ1) is 19.0. The highest BCUT2D eigenvalue weighted by Gasteiger charge is 2.23. The normalized spacial score (nSPS) is 13.0. The van der Waals surface area contributed by atoms with Crippen molar-refractivity contribution in [3.63, 3.8) is 0 Å². The third-order valence-corrected chi connectivity index (χ3v) is 8.60. The maximum Gasteiger partial charge on any atom is 0.267 e. The maximum absolute atomic E-state index is 13.8. The number of nitrogens with zero attached hydrogens (tertiary/aromatic N) is 3. The highest BCUT2D eigenvalue weighted by molar-refractivity contribution is 7.99. The van der Waals surface area contributed by atoms with Crippen LogP contribution in [-0.4, -0.2) is 41.1 Å². The van der Waals surface area contributed by atoms with Crippen LogP contribution in [0.4, 0.5) is 0 Å². The Morgan fingerprint density at radius 1 is 1.18 bits per heavy atom. The Labute approximate surface area is 235 Å². The van der Waals surface area contributed by atoms with Gasteiger partial charge in [0.2, 0.25) is 0 Å². The summed E-state index contributed by atoms with van der Waals surface area (Å²) in [7, 11) is 1.57. The number of hydrogen-bond donors (Lipinski definition) is 1. The van der Waals surface area contributed by atoms with Crippen LogP contribution in [0.5, 0.6) is 11.5 Å². The van der Waals surface area contributed by atoms with Crippen LogP contribution in [0.1, 0.15) is 41.3 Å². The topological polar surface area (TPSA) is 94.8 Å². The number of aromatic nitrogens is 2. The Balaban J connectivity index is 1.36. The van der Waals surface area contributed by atoms with Gasteiger partial charge in [0.15, 0.2) is 16.7 Å². The molecule has 0 saturated heterocycles. The first kappa shape index (κ1) is 27.0. The molecule has 202 valence electrons. The SMILES string of the molecule is CCOc1ccc(/C=N/NC(=O)CSc2nc3sc4c(c3c(=O)n2-c2ccc(C)cc2)CCCC4)cc1OC. The minimum Gasteiger partial charge on any atom is -0.493 e. The van der Waals surface area contributed by atoms with Crippen molar-refractivity contribution in [3.8, 4) is 17.2 Å². The first-order valence-corrected chi connectivity index (χ1v) is 14.7. The molecule has 1 aliphatic carbocycles. The van der Waals surface area contributed by atoms with Crippen LogP contribution in [0.2, 0.25) is 0 Å². The highest BCUT2D eigenvalue weighted by Crippen LogP contribution is 2.35. The molecule has 8 nitrogen and oxygen atoms in total. The largest absolute Gasteiger partial charge is 0.493 e. The number of thiophene rings is 1. The van der Waals surface area contributed by atoms with Gasteiger partial charge in [0.25, 0.3) is 11.5 Å². The van der Waals surface area contributed by atoms with E-state index in [-0.39, 0.29) is 17.2 Å². The second-order valence-electron chi connectivity index (χ2n) is 9.19. The summed E-state index contributed by atoms with van der Waals surface area (Å²) in [5, 5.41) is 5.30. The van der Waals surface area contributed by atoms with Gasteiger partial charge in [0, 0.05) is 4.88 Å². The Morgan fingerprint density at radius 3 is 2.74 bits per heavy atom. The number of carbonyl (C=O) groups excluding carboxylic acids is 1. The number of ether oxygens (including phenoxy) is 2. The van der Waals surface area contributed by atoms with Crippen LogP contribution in [0, 0.1) is 6.92 Å². The van der Waals surface area contributed by atoms with Crippen LogP contribution in [0.3, 0.4) is 0 Å². The second-order valence-corrected chi connectivity index (χ2v) is 11.2. The summed E-state index contributed by atoms with van der Waals surface area (Å²) in [6, 6.07) is 13.2. The number of hydrazone groups is 1. The average molecular weight is 563 g/mol. The first-order valence-electron chi connectivity index (χ1n) is 12.9. The van der Waals surface area contributed by atoms with Crippen LogP contribution in [-0.2, 0) is 17.6 Å². The van der Waals surface area contributed by atoms with Crippen molar-refractivity contribution in [2.45, 2.75) is 44.7 Å². The minimum atomic E-state index is -0.301. The summed E-state index contributed by atoms with van der Waals surface area (Å²) in [5.41, 5.74) is 6.23. The predicted molar refractivity (Wildman–Crippen MR) is 157 cm³/mol. The minimum absolute atomic E-state index is 0.0544. The van der Waals surface area contributed by atoms with Crippen molar-refractivity contribution in [1.29, 1.82) is 0 Å². The Hall–Kier alpha value is -3.63. The lowest BCUT2D eigenvalue weighted by Gasteiger charge is -2.13. The van der Waals surface area contributed by atoms with Gasteiger partial charge in [0.1, 0.15) is 4.83 Å². The van der Waals surface area contributed by atoms with Crippen LogP contribution >= 0.6 is 23.1 Å². The third-order valence-electron chi connectivity index (χ3n) is 6.47. The van der Waals surface area contributed by atoms with Crippen molar-refractivity contribution < 1.29 is 14.3 Å². The average Bonchev–Trinajstić information content (AvgIpc) is 3.32. The van der Waals surface area contributed by atoms with E-state index in [1.165, 1.54) is 16.6 Å². The van der Waals surface area contributed by atoms with E-state index >= 15 is 0 Å². The highest BCUT2D eigenvalue weighted by atomic mass is 32.2. The molecular weight excluding hydrogens is 532 g/mol. The summed E-state index contributed by atoms with van der Waals surface area (Å²) in [4.78, 5) is 33.4. The predicted octanol–water partition coefficient (Wildman–Crippen LogP) is 5.28. The number of thioether (sulfide) groups is 1. The molecule has 1 amide bonds. The van der Waals surface area contributed by atoms with Gasteiger partial charge in [-0.3, -0.25) is 14.2 Å². The Morgan fingerprint density at radius 2 is 1.97 bits per heavy atom. The van der Waals surface area contributed by atoms with Gasteiger partial charge < -0.3 is 9.47 Å². The van der Waals surface area contributed by atoms with Gasteiger partial charge in [-0.15, -0.1) is 11.3 Å². The van der Waals surface area contributed by atoms with Crippen molar-refractivity contribution >= 4 is 45.4 Å². The van der Waals surface area contributed by atoms with Gasteiger partial charge in [-0.1, -0.05) is 29.5 Å². The zero-order chi connectivity index (χ0) is 27.4. The number of fused-ring (bicyclic) bond motifs is 3. The van der Waals surface area contributed by atoms with E-state index in [0.29, 0.717) is 23.3 Å². The summed E-state index contributed by atoms with van der Waals surface area (Å²) >= 11 is 2.83. The molecule has 1 N–H and O–H groups in total. The smallest absolute Gasteiger partial charge is 0.267 e. The van der Waals surface area contributed by atoms with E-state index in [1.54, 1.807) is 41.4 Å². The lowest BCUT2D eigenvalue weighted by atomic mass is 9.97. The lowest BCUT2D eigenvalue weighted by molar-refractivity contribution is -0.118. The number of methoxy groups -OCH3 is 1. The molecule has 0 spiro atoms. The second kappa shape index (κ2) is 12.0. The lowest BCUT2D eigenvalue weighted by Crippen LogP contribution is -2.24. The number of nitrogens with one attached hydrogen (secondary N) is 1. The number of benzene rings is 2. The molecule has 2 aromatic carbocycles. The molecule has 2 aromatic heterocycles. The van der Waals surface area contributed by atoms with E-state index in [9.17, 15) is 9.59 Å². The molecule has 0 fully saturated rings. The molecule has 0 radical (unpaired) electrons. The number of amides is 1. The molecule has 0 saturated carbocycles. The summed E-state index contributed by atoms with van der Waals surface area (Å²) in [6.45, 7) is 4.45. The van der Waals surface area contributed by atoms with E-state index in [1.807, 2.05) is 44.2 Å². The number of rotatable bonds is 9.